The summed E-state index contributed by atoms with van der Waals surface area (Å²) < 4.78 is 9.24. The molecule has 0 aliphatic carbocycles. The minimum Gasteiger partial charge on any atom is -0.383 e. The minimum absolute atomic E-state index is 0.108. The molecule has 2 rings (SSSR count). The van der Waals surface area contributed by atoms with Gasteiger partial charge >= 0.3 is 0 Å². The van der Waals surface area contributed by atoms with Crippen LogP contribution >= 0.6 is 43.2 Å². The van der Waals surface area contributed by atoms with Crippen LogP contribution in [0.5, 0.6) is 0 Å². The van der Waals surface area contributed by atoms with Crippen molar-refractivity contribution in [2.45, 2.75) is 12.6 Å². The van der Waals surface area contributed by atoms with E-state index in [1.54, 1.807) is 18.4 Å². The Hall–Kier alpha value is -0.210. The van der Waals surface area contributed by atoms with E-state index in [2.05, 4.69) is 53.7 Å². The number of aromatic nitrogens is 2. The Balaban J connectivity index is 2.34. The maximum atomic E-state index is 5.13. The number of hydrogen-bond donors (Lipinski definition) is 1. The summed E-state index contributed by atoms with van der Waals surface area (Å²) in [6, 6.07) is 2.24. The molecule has 2 heterocycles. The molecular formula is C12H15Br2N3OS. The third-order valence-corrected chi connectivity index (χ3v) is 4.96. The van der Waals surface area contributed by atoms with Crippen molar-refractivity contribution in [3.63, 3.8) is 0 Å². The zero-order valence-corrected chi connectivity index (χ0v) is 14.7. The first-order chi connectivity index (χ1) is 9.17. The molecule has 104 valence electrons. The van der Waals surface area contributed by atoms with Crippen LogP contribution in [-0.2, 0) is 11.3 Å². The number of halogens is 2. The molecule has 1 atom stereocenters. The molecular weight excluding hydrogens is 394 g/mol. The van der Waals surface area contributed by atoms with E-state index in [4.69, 9.17) is 4.74 Å². The van der Waals surface area contributed by atoms with E-state index in [-0.39, 0.29) is 6.04 Å². The van der Waals surface area contributed by atoms with Gasteiger partial charge < -0.3 is 10.1 Å². The number of ether oxygens (including phenoxy) is 1. The monoisotopic (exact) mass is 407 g/mol. The van der Waals surface area contributed by atoms with Gasteiger partial charge in [0.05, 0.1) is 39.3 Å². The van der Waals surface area contributed by atoms with E-state index in [0.717, 1.165) is 20.5 Å². The average Bonchev–Trinajstić information content (AvgIpc) is 2.97. The maximum absolute atomic E-state index is 5.13. The van der Waals surface area contributed by atoms with Crippen LogP contribution in [0.3, 0.4) is 0 Å². The first kappa shape index (κ1) is 15.2. The zero-order chi connectivity index (χ0) is 13.8. The summed E-state index contributed by atoms with van der Waals surface area (Å²) in [5.74, 6) is 0. The molecule has 0 spiro atoms. The molecule has 4 nitrogen and oxygen atoms in total. The SMILES string of the molecule is CNC(c1csc(Br)c1)c1c(Br)cnn1CCOC. The molecule has 2 aromatic heterocycles. The van der Waals surface area contributed by atoms with E-state index in [1.807, 2.05) is 17.9 Å². The van der Waals surface area contributed by atoms with Crippen LogP contribution in [0, 0.1) is 0 Å². The highest BCUT2D eigenvalue weighted by molar-refractivity contribution is 9.11. The van der Waals surface area contributed by atoms with E-state index < -0.39 is 0 Å². The van der Waals surface area contributed by atoms with Gasteiger partial charge in [-0.15, -0.1) is 11.3 Å². The van der Waals surface area contributed by atoms with E-state index >= 15 is 0 Å². The van der Waals surface area contributed by atoms with E-state index in [9.17, 15) is 0 Å². The summed E-state index contributed by atoms with van der Waals surface area (Å²) in [5, 5.41) is 9.89. The van der Waals surface area contributed by atoms with Crippen molar-refractivity contribution < 1.29 is 4.74 Å². The fourth-order valence-corrected chi connectivity index (χ4v) is 3.68. The molecule has 19 heavy (non-hydrogen) atoms. The van der Waals surface area contributed by atoms with Gasteiger partial charge in [0, 0.05) is 7.11 Å². The molecule has 0 fully saturated rings. The third-order valence-electron chi connectivity index (χ3n) is 2.82. The fourth-order valence-electron chi connectivity index (χ4n) is 1.95. The second-order valence-electron chi connectivity index (χ2n) is 4.00. The van der Waals surface area contributed by atoms with Crippen molar-refractivity contribution in [2.75, 3.05) is 20.8 Å². The highest BCUT2D eigenvalue weighted by Crippen LogP contribution is 2.32. The van der Waals surface area contributed by atoms with Gasteiger partial charge in [-0.2, -0.15) is 5.10 Å². The highest BCUT2D eigenvalue weighted by atomic mass is 79.9. The van der Waals surface area contributed by atoms with Crippen molar-refractivity contribution in [3.8, 4) is 0 Å². The summed E-state index contributed by atoms with van der Waals surface area (Å²) in [4.78, 5) is 0. The number of methoxy groups -OCH3 is 1. The Labute approximate surface area is 133 Å². The standard InChI is InChI=1S/C12H15Br2N3OS/c1-15-11(8-5-10(14)19-7-8)12-9(13)6-16-17(12)3-4-18-2/h5-7,11,15H,3-4H2,1-2H3. The molecule has 0 saturated carbocycles. The van der Waals surface area contributed by atoms with Gasteiger partial charge in [0.1, 0.15) is 0 Å². The molecule has 1 unspecified atom stereocenters. The van der Waals surface area contributed by atoms with E-state index in [1.165, 1.54) is 5.56 Å². The quantitative estimate of drug-likeness (QED) is 0.795. The summed E-state index contributed by atoms with van der Waals surface area (Å²) in [6.45, 7) is 1.38. The molecule has 0 aliphatic rings. The summed E-state index contributed by atoms with van der Waals surface area (Å²) >= 11 is 8.77. The predicted molar refractivity (Wildman–Crippen MR) is 84.7 cm³/mol. The van der Waals surface area contributed by atoms with Gasteiger partial charge in [-0.25, -0.2) is 0 Å². The molecule has 0 aliphatic heterocycles. The molecule has 2 aromatic rings. The number of nitrogens with one attached hydrogen (secondary N) is 1. The first-order valence-corrected chi connectivity index (χ1v) is 8.25. The lowest BCUT2D eigenvalue weighted by Crippen LogP contribution is -2.22. The first-order valence-electron chi connectivity index (χ1n) is 5.78. The molecule has 7 heteroatoms. The largest absolute Gasteiger partial charge is 0.383 e. The number of hydrogen-bond acceptors (Lipinski definition) is 4. The van der Waals surface area contributed by atoms with Crippen LogP contribution in [-0.4, -0.2) is 30.5 Å². The van der Waals surface area contributed by atoms with Gasteiger partial charge in [-0.1, -0.05) is 0 Å². The number of nitrogens with zero attached hydrogens (tertiary/aromatic N) is 2. The van der Waals surface area contributed by atoms with Crippen molar-refractivity contribution >= 4 is 43.2 Å². The average molecular weight is 409 g/mol. The topological polar surface area (TPSA) is 39.1 Å². The van der Waals surface area contributed by atoms with Crippen LogP contribution in [0.4, 0.5) is 0 Å². The van der Waals surface area contributed by atoms with Crippen LogP contribution in [0.2, 0.25) is 0 Å². The van der Waals surface area contributed by atoms with Crippen molar-refractivity contribution in [1.29, 1.82) is 0 Å². The van der Waals surface area contributed by atoms with Crippen molar-refractivity contribution in [3.05, 3.63) is 37.2 Å². The highest BCUT2D eigenvalue weighted by Gasteiger charge is 2.21. The lowest BCUT2D eigenvalue weighted by Gasteiger charge is -2.18. The molecule has 0 radical (unpaired) electrons. The Morgan fingerprint density at radius 3 is 2.89 bits per heavy atom. The van der Waals surface area contributed by atoms with Gasteiger partial charge in [0.2, 0.25) is 0 Å². The van der Waals surface area contributed by atoms with Crippen molar-refractivity contribution in [1.82, 2.24) is 15.1 Å². The summed E-state index contributed by atoms with van der Waals surface area (Å²) in [7, 11) is 3.65. The van der Waals surface area contributed by atoms with Gasteiger partial charge in [-0.3, -0.25) is 4.68 Å². The third kappa shape index (κ3) is 3.46. The molecule has 0 aromatic carbocycles. The maximum Gasteiger partial charge on any atom is 0.0765 e. The van der Waals surface area contributed by atoms with Crippen molar-refractivity contribution in [2.24, 2.45) is 0 Å². The van der Waals surface area contributed by atoms with Crippen LogP contribution < -0.4 is 5.32 Å². The molecule has 0 saturated heterocycles. The van der Waals surface area contributed by atoms with Crippen LogP contribution in [0.15, 0.2) is 25.9 Å². The Bertz CT molecular complexity index is 541. The second-order valence-corrected chi connectivity index (χ2v) is 7.14. The van der Waals surface area contributed by atoms with Crippen LogP contribution in [0.1, 0.15) is 17.3 Å². The Morgan fingerprint density at radius 2 is 2.32 bits per heavy atom. The minimum atomic E-state index is 0.108. The second kappa shape index (κ2) is 6.99. The summed E-state index contributed by atoms with van der Waals surface area (Å²) in [6.07, 6.45) is 1.83. The zero-order valence-electron chi connectivity index (χ0n) is 10.7. The molecule has 0 bridgehead atoms. The summed E-state index contributed by atoms with van der Waals surface area (Å²) in [5.41, 5.74) is 2.34. The Morgan fingerprint density at radius 1 is 1.53 bits per heavy atom. The van der Waals surface area contributed by atoms with E-state index in [0.29, 0.717) is 6.61 Å². The number of rotatable bonds is 6. The fraction of sp³-hybridized carbons (Fsp3) is 0.417. The normalized spacial score (nSPS) is 12.8. The smallest absolute Gasteiger partial charge is 0.0765 e. The molecule has 1 N–H and O–H groups in total. The predicted octanol–water partition coefficient (Wildman–Crippen LogP) is 3.42. The lowest BCUT2D eigenvalue weighted by molar-refractivity contribution is 0.182. The lowest BCUT2D eigenvalue weighted by atomic mass is 10.1. The van der Waals surface area contributed by atoms with Crippen LogP contribution in [0.25, 0.3) is 0 Å². The van der Waals surface area contributed by atoms with Gasteiger partial charge in [-0.05, 0) is 55.9 Å². The number of thiophene rings is 1. The van der Waals surface area contributed by atoms with Gasteiger partial charge in [0.25, 0.3) is 0 Å². The molecule has 0 amide bonds. The van der Waals surface area contributed by atoms with Gasteiger partial charge in [0.15, 0.2) is 0 Å². The Kier molecular flexibility index (Phi) is 5.58.